The molecule has 3 rings (SSSR count). The zero-order valence-electron chi connectivity index (χ0n) is 14.0. The van der Waals surface area contributed by atoms with E-state index in [1.807, 2.05) is 36.1 Å². The lowest BCUT2D eigenvalue weighted by molar-refractivity contribution is -0.133. The number of piperazine rings is 1. The predicted octanol–water partition coefficient (Wildman–Crippen LogP) is 3.00. The first-order valence-corrected chi connectivity index (χ1v) is 8.20. The maximum Gasteiger partial charge on any atom is 0.260 e. The molecule has 132 valence electrons. The number of amides is 1. The van der Waals surface area contributed by atoms with Gasteiger partial charge in [-0.25, -0.2) is 8.78 Å². The van der Waals surface area contributed by atoms with Gasteiger partial charge in [0, 0.05) is 37.9 Å². The molecule has 0 N–H and O–H groups in total. The van der Waals surface area contributed by atoms with Crippen LogP contribution in [0.25, 0.3) is 0 Å². The Morgan fingerprint density at radius 3 is 2.32 bits per heavy atom. The zero-order chi connectivity index (χ0) is 17.8. The molecule has 1 heterocycles. The van der Waals surface area contributed by atoms with Gasteiger partial charge in [0.2, 0.25) is 0 Å². The van der Waals surface area contributed by atoms with E-state index in [4.69, 9.17) is 4.74 Å². The summed E-state index contributed by atoms with van der Waals surface area (Å²) in [5, 5.41) is 0. The van der Waals surface area contributed by atoms with Crippen LogP contribution >= 0.6 is 0 Å². The topological polar surface area (TPSA) is 32.8 Å². The summed E-state index contributed by atoms with van der Waals surface area (Å²) in [6.07, 6.45) is 0. The first-order valence-electron chi connectivity index (χ1n) is 8.20. The quantitative estimate of drug-likeness (QED) is 0.853. The smallest absolute Gasteiger partial charge is 0.260 e. The lowest BCUT2D eigenvalue weighted by atomic mass is 10.2. The summed E-state index contributed by atoms with van der Waals surface area (Å²) in [6.45, 7) is 4.17. The van der Waals surface area contributed by atoms with Crippen LogP contribution in [0.2, 0.25) is 0 Å². The summed E-state index contributed by atoms with van der Waals surface area (Å²) in [6, 6.07) is 11.4. The van der Waals surface area contributed by atoms with E-state index in [0.717, 1.165) is 11.6 Å². The highest BCUT2D eigenvalue weighted by molar-refractivity contribution is 5.78. The highest BCUT2D eigenvalue weighted by Crippen LogP contribution is 2.19. The molecule has 0 bridgehead atoms. The Morgan fingerprint density at radius 1 is 1.00 bits per heavy atom. The van der Waals surface area contributed by atoms with Crippen LogP contribution in [0.3, 0.4) is 0 Å². The number of nitrogens with zero attached hydrogens (tertiary/aromatic N) is 2. The Labute approximate surface area is 145 Å². The average molecular weight is 346 g/mol. The molecule has 25 heavy (non-hydrogen) atoms. The minimum absolute atomic E-state index is 0.00572. The zero-order valence-corrected chi connectivity index (χ0v) is 14.0. The third-order valence-corrected chi connectivity index (χ3v) is 4.28. The molecule has 0 aliphatic carbocycles. The summed E-state index contributed by atoms with van der Waals surface area (Å²) < 4.78 is 31.9. The summed E-state index contributed by atoms with van der Waals surface area (Å²) in [5.41, 5.74) is 1.76. The number of anilines is 1. The van der Waals surface area contributed by atoms with Crippen LogP contribution in [0.5, 0.6) is 5.75 Å². The SMILES string of the molecule is Cc1ccc(OCC(=O)N2CCN(c3ccc(F)c(F)c3)CC2)cc1. The maximum atomic E-state index is 13.3. The summed E-state index contributed by atoms with van der Waals surface area (Å²) in [4.78, 5) is 15.9. The standard InChI is InChI=1S/C19H20F2N2O2/c1-14-2-5-16(6-3-14)25-13-19(24)23-10-8-22(9-11-23)15-4-7-17(20)18(21)12-15/h2-7,12H,8-11,13H2,1H3. The van der Waals surface area contributed by atoms with Crippen LogP contribution in [-0.2, 0) is 4.79 Å². The maximum absolute atomic E-state index is 13.3. The van der Waals surface area contributed by atoms with E-state index in [2.05, 4.69) is 0 Å². The van der Waals surface area contributed by atoms with E-state index in [-0.39, 0.29) is 12.5 Å². The number of halogens is 2. The van der Waals surface area contributed by atoms with Gasteiger partial charge in [-0.05, 0) is 31.2 Å². The molecule has 1 fully saturated rings. The van der Waals surface area contributed by atoms with E-state index in [1.165, 1.54) is 6.07 Å². The minimum Gasteiger partial charge on any atom is -0.484 e. The van der Waals surface area contributed by atoms with Crippen LogP contribution in [0.4, 0.5) is 14.5 Å². The van der Waals surface area contributed by atoms with Crippen molar-refractivity contribution >= 4 is 11.6 Å². The average Bonchev–Trinajstić information content (AvgIpc) is 2.63. The number of benzene rings is 2. The fourth-order valence-electron chi connectivity index (χ4n) is 2.77. The Kier molecular flexibility index (Phi) is 5.16. The van der Waals surface area contributed by atoms with Crippen molar-refractivity contribution in [1.82, 2.24) is 4.90 Å². The molecule has 1 saturated heterocycles. The molecule has 0 aromatic heterocycles. The fourth-order valence-corrected chi connectivity index (χ4v) is 2.77. The molecular weight excluding hydrogens is 326 g/mol. The van der Waals surface area contributed by atoms with Gasteiger partial charge in [-0.3, -0.25) is 4.79 Å². The Balaban J connectivity index is 1.50. The van der Waals surface area contributed by atoms with E-state index >= 15 is 0 Å². The van der Waals surface area contributed by atoms with Crippen molar-refractivity contribution < 1.29 is 18.3 Å². The van der Waals surface area contributed by atoms with Crippen molar-refractivity contribution in [2.24, 2.45) is 0 Å². The van der Waals surface area contributed by atoms with Gasteiger partial charge in [0.25, 0.3) is 5.91 Å². The Morgan fingerprint density at radius 2 is 1.68 bits per heavy atom. The highest BCUT2D eigenvalue weighted by Gasteiger charge is 2.22. The van der Waals surface area contributed by atoms with Gasteiger partial charge in [0.1, 0.15) is 5.75 Å². The monoisotopic (exact) mass is 346 g/mol. The second-order valence-electron chi connectivity index (χ2n) is 6.07. The molecule has 2 aromatic carbocycles. The van der Waals surface area contributed by atoms with Crippen molar-refractivity contribution in [3.05, 3.63) is 59.7 Å². The normalized spacial score (nSPS) is 14.5. The number of hydrogen-bond acceptors (Lipinski definition) is 3. The first-order chi connectivity index (χ1) is 12.0. The van der Waals surface area contributed by atoms with Gasteiger partial charge in [-0.2, -0.15) is 0 Å². The molecule has 4 nitrogen and oxygen atoms in total. The van der Waals surface area contributed by atoms with E-state index in [1.54, 1.807) is 11.0 Å². The third-order valence-electron chi connectivity index (χ3n) is 4.28. The third kappa shape index (κ3) is 4.26. The number of aryl methyl sites for hydroxylation is 1. The molecule has 1 aliphatic heterocycles. The molecular formula is C19H20F2N2O2. The summed E-state index contributed by atoms with van der Waals surface area (Å²) in [5.74, 6) is -1.13. The van der Waals surface area contributed by atoms with Crippen LogP contribution < -0.4 is 9.64 Å². The van der Waals surface area contributed by atoms with Gasteiger partial charge < -0.3 is 14.5 Å². The predicted molar refractivity (Wildman–Crippen MR) is 91.8 cm³/mol. The number of rotatable bonds is 4. The highest BCUT2D eigenvalue weighted by atomic mass is 19.2. The molecule has 0 radical (unpaired) electrons. The minimum atomic E-state index is -0.859. The number of carbonyl (C=O) groups excluding carboxylic acids is 1. The molecule has 0 spiro atoms. The second-order valence-corrected chi connectivity index (χ2v) is 6.07. The van der Waals surface area contributed by atoms with Gasteiger partial charge in [0.05, 0.1) is 0 Å². The first kappa shape index (κ1) is 17.2. The van der Waals surface area contributed by atoms with Crippen LogP contribution in [-0.4, -0.2) is 43.6 Å². The number of carbonyl (C=O) groups is 1. The molecule has 1 amide bonds. The Bertz CT molecular complexity index is 742. The molecule has 1 aliphatic rings. The van der Waals surface area contributed by atoms with Crippen molar-refractivity contribution in [3.8, 4) is 5.75 Å². The largest absolute Gasteiger partial charge is 0.484 e. The van der Waals surface area contributed by atoms with E-state index < -0.39 is 11.6 Å². The molecule has 2 aromatic rings. The van der Waals surface area contributed by atoms with Crippen LogP contribution in [0.15, 0.2) is 42.5 Å². The number of hydrogen-bond donors (Lipinski definition) is 0. The Hall–Kier alpha value is -2.63. The van der Waals surface area contributed by atoms with Crippen molar-refractivity contribution in [2.75, 3.05) is 37.7 Å². The van der Waals surface area contributed by atoms with Gasteiger partial charge in [-0.1, -0.05) is 17.7 Å². The lowest BCUT2D eigenvalue weighted by Gasteiger charge is -2.36. The number of ether oxygens (including phenoxy) is 1. The second kappa shape index (κ2) is 7.51. The van der Waals surface area contributed by atoms with Gasteiger partial charge in [0.15, 0.2) is 18.2 Å². The van der Waals surface area contributed by atoms with Crippen LogP contribution in [0, 0.1) is 18.6 Å². The van der Waals surface area contributed by atoms with Crippen molar-refractivity contribution in [3.63, 3.8) is 0 Å². The van der Waals surface area contributed by atoms with E-state index in [9.17, 15) is 13.6 Å². The lowest BCUT2D eigenvalue weighted by Crippen LogP contribution is -2.50. The summed E-state index contributed by atoms with van der Waals surface area (Å²) in [7, 11) is 0. The molecule has 6 heteroatoms. The van der Waals surface area contributed by atoms with E-state index in [0.29, 0.717) is 37.6 Å². The molecule has 0 unspecified atom stereocenters. The van der Waals surface area contributed by atoms with Crippen molar-refractivity contribution in [1.29, 1.82) is 0 Å². The van der Waals surface area contributed by atoms with Crippen LogP contribution in [0.1, 0.15) is 5.56 Å². The molecule has 0 atom stereocenters. The fraction of sp³-hybridized carbons (Fsp3) is 0.316. The summed E-state index contributed by atoms with van der Waals surface area (Å²) >= 11 is 0. The van der Waals surface area contributed by atoms with Gasteiger partial charge >= 0.3 is 0 Å². The molecule has 0 saturated carbocycles. The van der Waals surface area contributed by atoms with Gasteiger partial charge in [-0.15, -0.1) is 0 Å². The van der Waals surface area contributed by atoms with Crippen molar-refractivity contribution in [2.45, 2.75) is 6.92 Å².